The van der Waals surface area contributed by atoms with Crippen molar-refractivity contribution in [3.63, 3.8) is 0 Å². The summed E-state index contributed by atoms with van der Waals surface area (Å²) in [5, 5.41) is 27.1. The molecule has 0 atom stereocenters. The summed E-state index contributed by atoms with van der Waals surface area (Å²) in [5.41, 5.74) is 23.8. The summed E-state index contributed by atoms with van der Waals surface area (Å²) in [5.74, 6) is 5.78. The molecule has 0 aromatic heterocycles. The van der Waals surface area contributed by atoms with Crippen molar-refractivity contribution in [2.75, 3.05) is 39.6 Å². The van der Waals surface area contributed by atoms with E-state index in [4.69, 9.17) is 28.4 Å². The predicted molar refractivity (Wildman–Crippen MR) is 482 cm³/mol. The first-order valence-corrected chi connectivity index (χ1v) is 43.5. The topological polar surface area (TPSA) is 95.8 Å². The molecule has 0 aliphatic heterocycles. The third kappa shape index (κ3) is 22.1. The fraction of sp³-hybridized carbons (Fsp3) is 0.547. The normalized spacial score (nSPS) is 13.7. The van der Waals surface area contributed by atoms with Crippen LogP contribution in [0.3, 0.4) is 0 Å². The van der Waals surface area contributed by atoms with Crippen LogP contribution in [0.25, 0.3) is 0 Å². The molecular weight excluding hydrogens is 1400 g/mol. The first-order valence-electron chi connectivity index (χ1n) is 43.5. The van der Waals surface area contributed by atoms with E-state index in [2.05, 4.69) is 305 Å². The van der Waals surface area contributed by atoms with Crippen molar-refractivity contribution >= 4 is 0 Å². The number of aromatic hydroxyl groups is 2. The van der Waals surface area contributed by atoms with Crippen LogP contribution in [-0.2, 0) is 94.7 Å². The summed E-state index contributed by atoms with van der Waals surface area (Å²) in [6.45, 7) is 71.6. The number of phenols is 2. The van der Waals surface area contributed by atoms with E-state index in [-0.39, 0.29) is 43.3 Å². The lowest BCUT2D eigenvalue weighted by Gasteiger charge is -2.29. The molecule has 1 aliphatic carbocycles. The molecule has 0 unspecified atom stereocenters. The van der Waals surface area contributed by atoms with E-state index >= 15 is 0 Å². The van der Waals surface area contributed by atoms with E-state index in [1.807, 2.05) is 0 Å². The van der Waals surface area contributed by atoms with Crippen LogP contribution in [-0.4, -0.2) is 49.9 Å². The van der Waals surface area contributed by atoms with Gasteiger partial charge in [-0.25, -0.2) is 0 Å². The van der Waals surface area contributed by atoms with Gasteiger partial charge in [0.05, 0.1) is 39.6 Å². The average molecular weight is 1550 g/mol. The Morgan fingerprint density at radius 1 is 0.184 bits per heavy atom. The number of ether oxygens (including phenoxy) is 6. The summed E-state index contributed by atoms with van der Waals surface area (Å²) in [7, 11) is 0. The standard InChI is InChI=1S/C106H148O8/c1-31-37-109-93-71-43-67-51-83(99(7,8)9)52-68(91(67)107)44-72-56-86(102(16,17)18)61-77(94(72)110-38-32-2)49-81-65-90(106(28,29)30)66-82(98(81)114-42-36-6)50-78-62-88(104(22,23)24)58-74(96(78)112-40-34-4)46-70-54-84(100(10,11)12)53-69(92(70)108)45-73-57-87(103(19,20)21)60-76(95(73)111-39-33-3)48-80-64-89(105(25,26)27)63-79(97(80)113-41-35-5)47-75(93)59-85(55-71)101(13,14)15/h51-66,107-108H,31-50H2,1-30H3. The minimum Gasteiger partial charge on any atom is -0.507 e. The smallest absolute Gasteiger partial charge is 0.126 e. The van der Waals surface area contributed by atoms with Gasteiger partial charge in [-0.3, -0.25) is 0 Å². The zero-order chi connectivity index (χ0) is 84.2. The number of phenolic OH excluding ortho intramolecular Hbond substituents is 2. The fourth-order valence-electron chi connectivity index (χ4n) is 15.6. The lowest BCUT2D eigenvalue weighted by Crippen LogP contribution is -2.17. The van der Waals surface area contributed by atoms with Crippen molar-refractivity contribution < 1.29 is 38.6 Å². The molecule has 8 heteroatoms. The van der Waals surface area contributed by atoms with E-state index < -0.39 is 0 Å². The Bertz CT molecular complexity index is 4120. The van der Waals surface area contributed by atoms with E-state index in [1.54, 1.807) is 0 Å². The molecule has 114 heavy (non-hydrogen) atoms. The maximum atomic E-state index is 13.5. The minimum atomic E-state index is -0.274. The zero-order valence-electron chi connectivity index (χ0n) is 76.7. The Labute approximate surface area is 691 Å². The van der Waals surface area contributed by atoms with Crippen LogP contribution in [0.1, 0.15) is 380 Å². The summed E-state index contributed by atoms with van der Waals surface area (Å²) in [6.07, 6.45) is 8.84. The first kappa shape index (κ1) is 90.1. The van der Waals surface area contributed by atoms with Crippen LogP contribution < -0.4 is 28.4 Å². The molecular formula is C106H148O8. The van der Waals surface area contributed by atoms with Crippen molar-refractivity contribution in [2.45, 2.75) is 341 Å². The molecule has 8 aromatic rings. The Balaban J connectivity index is 1.46. The zero-order valence-corrected chi connectivity index (χ0v) is 76.7. The quantitative estimate of drug-likeness (QED) is 0.0877. The number of hydrogen-bond donors (Lipinski definition) is 2. The van der Waals surface area contributed by atoms with E-state index in [9.17, 15) is 10.2 Å². The second kappa shape index (κ2) is 35.9. The summed E-state index contributed by atoms with van der Waals surface area (Å²) >= 11 is 0. The number of benzene rings is 8. The van der Waals surface area contributed by atoms with Crippen LogP contribution in [0.2, 0.25) is 0 Å². The molecule has 8 nitrogen and oxygen atoms in total. The molecule has 0 fully saturated rings. The minimum absolute atomic E-state index is 0.242. The molecule has 0 saturated heterocycles. The lowest BCUT2D eigenvalue weighted by molar-refractivity contribution is 0.306. The maximum Gasteiger partial charge on any atom is 0.126 e. The number of fused-ring (bicyclic) bond motifs is 16. The highest BCUT2D eigenvalue weighted by molar-refractivity contribution is 5.63. The van der Waals surface area contributed by atoms with Gasteiger partial charge in [-0.15, -0.1) is 0 Å². The van der Waals surface area contributed by atoms with E-state index in [0.29, 0.717) is 103 Å². The number of hydrogen-bond acceptors (Lipinski definition) is 8. The lowest BCUT2D eigenvalue weighted by atomic mass is 9.79. The van der Waals surface area contributed by atoms with Crippen molar-refractivity contribution in [2.24, 2.45) is 0 Å². The molecule has 620 valence electrons. The fourth-order valence-corrected chi connectivity index (χ4v) is 15.6. The highest BCUT2D eigenvalue weighted by atomic mass is 16.5. The monoisotopic (exact) mass is 1550 g/mol. The van der Waals surface area contributed by atoms with Gasteiger partial charge in [0, 0.05) is 51.4 Å². The van der Waals surface area contributed by atoms with Crippen LogP contribution in [0.15, 0.2) is 97.1 Å². The van der Waals surface area contributed by atoms with Crippen molar-refractivity contribution in [3.8, 4) is 46.0 Å². The first-order chi connectivity index (χ1) is 53.1. The highest BCUT2D eigenvalue weighted by Crippen LogP contribution is 2.48. The van der Waals surface area contributed by atoms with Crippen LogP contribution in [0.4, 0.5) is 0 Å². The molecule has 9 rings (SSSR count). The van der Waals surface area contributed by atoms with Gasteiger partial charge in [-0.1, -0.05) is 305 Å². The average Bonchev–Trinajstić information content (AvgIpc) is 0.769. The molecule has 0 spiro atoms. The van der Waals surface area contributed by atoms with Gasteiger partial charge >= 0.3 is 0 Å². The van der Waals surface area contributed by atoms with Crippen molar-refractivity contribution in [1.82, 2.24) is 0 Å². The van der Waals surface area contributed by atoms with Gasteiger partial charge in [0.1, 0.15) is 46.0 Å². The highest BCUT2D eigenvalue weighted by Gasteiger charge is 2.33. The number of rotatable bonds is 18. The van der Waals surface area contributed by atoms with E-state index in [0.717, 1.165) is 173 Å². The molecule has 0 radical (unpaired) electrons. The van der Waals surface area contributed by atoms with Crippen LogP contribution in [0.5, 0.6) is 46.0 Å². The Morgan fingerprint density at radius 2 is 0.281 bits per heavy atom. The largest absolute Gasteiger partial charge is 0.507 e. The third-order valence-electron chi connectivity index (χ3n) is 22.7. The SMILES string of the molecule is CCCOc1c2cc(C(C)(C)C)cc1Cc1cc(C(C)(C)C)cc(c1OCCC)Cc1cc(C(C)(C)C)cc(c1OCCC)Cc1cc(C(C)(C)C)cc(c1O)Cc1cc(C(C)(C)C)cc(c1OCCC)Cc1cc(C(C)(C)C)cc(c1OCCC)Cc1cc(C(C)(C)C)cc(c1OCCC)Cc1cc(C(C)(C)C)cc(c1O)C2. The summed E-state index contributed by atoms with van der Waals surface area (Å²) in [6, 6.07) is 37.7. The third-order valence-corrected chi connectivity index (χ3v) is 22.7. The van der Waals surface area contributed by atoms with E-state index in [1.165, 1.54) is 33.4 Å². The molecule has 16 bridgehead atoms. The van der Waals surface area contributed by atoms with Crippen LogP contribution >= 0.6 is 0 Å². The Kier molecular flexibility index (Phi) is 28.4. The van der Waals surface area contributed by atoms with Crippen LogP contribution in [0, 0.1) is 0 Å². The van der Waals surface area contributed by atoms with Gasteiger partial charge in [0.25, 0.3) is 0 Å². The summed E-state index contributed by atoms with van der Waals surface area (Å²) in [4.78, 5) is 0. The molecule has 0 heterocycles. The maximum absolute atomic E-state index is 13.5. The molecule has 0 amide bonds. The van der Waals surface area contributed by atoms with Gasteiger partial charge in [0.2, 0.25) is 0 Å². The van der Waals surface area contributed by atoms with Crippen molar-refractivity contribution in [3.05, 3.63) is 231 Å². The van der Waals surface area contributed by atoms with Gasteiger partial charge in [-0.05, 0) is 215 Å². The molecule has 1 aliphatic rings. The summed E-state index contributed by atoms with van der Waals surface area (Å²) < 4.78 is 43.6. The van der Waals surface area contributed by atoms with Gasteiger partial charge in [0.15, 0.2) is 0 Å². The Morgan fingerprint density at radius 3 is 0.377 bits per heavy atom. The second-order valence-corrected chi connectivity index (χ2v) is 41.5. The molecule has 2 N–H and O–H groups in total. The second-order valence-electron chi connectivity index (χ2n) is 41.5. The predicted octanol–water partition coefficient (Wildman–Crippen LogP) is 27.3. The Hall–Kier alpha value is -7.84. The molecule has 8 aromatic carbocycles. The molecule has 0 saturated carbocycles. The van der Waals surface area contributed by atoms with Gasteiger partial charge in [-0.2, -0.15) is 0 Å². The van der Waals surface area contributed by atoms with Crippen molar-refractivity contribution in [1.29, 1.82) is 0 Å². The van der Waals surface area contributed by atoms with Gasteiger partial charge < -0.3 is 38.6 Å².